The van der Waals surface area contributed by atoms with Crippen LogP contribution < -0.4 is 5.73 Å². The summed E-state index contributed by atoms with van der Waals surface area (Å²) in [4.78, 5) is 20.4. The Balaban J connectivity index is 2.40. The molecule has 0 saturated heterocycles. The maximum atomic E-state index is 12.6. The van der Waals surface area contributed by atoms with Gasteiger partial charge >= 0.3 is 0 Å². The molecule has 0 unspecified atom stereocenters. The number of carbonyl (C=O) groups is 1. The van der Waals surface area contributed by atoms with Gasteiger partial charge in [-0.05, 0) is 31.9 Å². The number of hydrogen-bond donors (Lipinski definition) is 1. The second kappa shape index (κ2) is 6.22. The number of thiophene rings is 1. The van der Waals surface area contributed by atoms with Crippen LogP contribution in [-0.2, 0) is 0 Å². The summed E-state index contributed by atoms with van der Waals surface area (Å²) in [5, 5.41) is 0.886. The highest BCUT2D eigenvalue weighted by Gasteiger charge is 2.21. The Kier molecular flexibility index (Phi) is 4.60. The fraction of sp³-hybridized carbons (Fsp3) is 0.467. The third-order valence-corrected chi connectivity index (χ3v) is 4.30. The van der Waals surface area contributed by atoms with Crippen LogP contribution in [0.1, 0.15) is 42.1 Å². The highest BCUT2D eigenvalue weighted by molar-refractivity contribution is 7.21. The van der Waals surface area contributed by atoms with E-state index >= 15 is 0 Å². The predicted octanol–water partition coefficient (Wildman–Crippen LogP) is 3.45. The molecule has 20 heavy (non-hydrogen) atoms. The van der Waals surface area contributed by atoms with Crippen LogP contribution >= 0.6 is 11.3 Å². The van der Waals surface area contributed by atoms with Crippen molar-refractivity contribution in [2.24, 2.45) is 0 Å². The minimum absolute atomic E-state index is 0.0341. The lowest BCUT2D eigenvalue weighted by atomic mass is 10.2. The van der Waals surface area contributed by atoms with E-state index in [1.807, 2.05) is 24.0 Å². The second-order valence-electron chi connectivity index (χ2n) is 4.94. The fourth-order valence-electron chi connectivity index (χ4n) is 2.25. The molecule has 5 heteroatoms. The Bertz CT molecular complexity index is 615. The van der Waals surface area contributed by atoms with Crippen LogP contribution in [0, 0.1) is 6.92 Å². The van der Waals surface area contributed by atoms with Crippen LogP contribution in [0.25, 0.3) is 10.2 Å². The molecule has 1 amide bonds. The van der Waals surface area contributed by atoms with Crippen molar-refractivity contribution in [2.75, 3.05) is 18.8 Å². The minimum atomic E-state index is 0.0341. The largest absolute Gasteiger partial charge is 0.397 e. The number of aryl methyl sites for hydroxylation is 1. The average Bonchev–Trinajstić information content (AvgIpc) is 2.74. The van der Waals surface area contributed by atoms with Gasteiger partial charge in [0.15, 0.2) is 0 Å². The molecule has 0 radical (unpaired) electrons. The first kappa shape index (κ1) is 14.8. The molecule has 0 atom stereocenters. The quantitative estimate of drug-likeness (QED) is 0.918. The van der Waals surface area contributed by atoms with E-state index in [1.165, 1.54) is 11.3 Å². The first-order chi connectivity index (χ1) is 9.58. The van der Waals surface area contributed by atoms with Gasteiger partial charge in [0.25, 0.3) is 5.91 Å². The van der Waals surface area contributed by atoms with Gasteiger partial charge in [-0.1, -0.05) is 13.8 Å². The molecule has 0 saturated carbocycles. The average molecular weight is 291 g/mol. The lowest BCUT2D eigenvalue weighted by Crippen LogP contribution is -2.32. The van der Waals surface area contributed by atoms with Crippen LogP contribution in [0.3, 0.4) is 0 Å². The van der Waals surface area contributed by atoms with Crippen molar-refractivity contribution < 1.29 is 4.79 Å². The van der Waals surface area contributed by atoms with E-state index in [0.29, 0.717) is 10.6 Å². The topological polar surface area (TPSA) is 59.2 Å². The van der Waals surface area contributed by atoms with E-state index in [2.05, 4.69) is 18.8 Å². The molecule has 2 heterocycles. The van der Waals surface area contributed by atoms with Gasteiger partial charge in [-0.3, -0.25) is 4.79 Å². The van der Waals surface area contributed by atoms with Gasteiger partial charge in [-0.15, -0.1) is 11.3 Å². The van der Waals surface area contributed by atoms with Crippen molar-refractivity contribution in [3.8, 4) is 0 Å². The van der Waals surface area contributed by atoms with E-state index in [1.54, 1.807) is 0 Å². The van der Waals surface area contributed by atoms with Crippen molar-refractivity contribution >= 4 is 33.1 Å². The predicted molar refractivity (Wildman–Crippen MR) is 85.3 cm³/mol. The third kappa shape index (κ3) is 2.77. The van der Waals surface area contributed by atoms with Crippen molar-refractivity contribution in [1.82, 2.24) is 9.88 Å². The second-order valence-corrected chi connectivity index (χ2v) is 5.94. The van der Waals surface area contributed by atoms with Gasteiger partial charge in [-0.25, -0.2) is 4.98 Å². The summed E-state index contributed by atoms with van der Waals surface area (Å²) in [5.41, 5.74) is 7.65. The summed E-state index contributed by atoms with van der Waals surface area (Å²) in [5.74, 6) is 0.0341. The van der Waals surface area contributed by atoms with Crippen LogP contribution in [-0.4, -0.2) is 28.9 Å². The lowest BCUT2D eigenvalue weighted by molar-refractivity contribution is 0.0761. The molecule has 4 nitrogen and oxygen atoms in total. The number of nitrogen functional groups attached to an aromatic ring is 1. The van der Waals surface area contributed by atoms with Crippen LogP contribution in [0.5, 0.6) is 0 Å². The zero-order chi connectivity index (χ0) is 14.7. The van der Waals surface area contributed by atoms with E-state index in [9.17, 15) is 4.79 Å². The van der Waals surface area contributed by atoms with E-state index in [0.717, 1.165) is 41.8 Å². The van der Waals surface area contributed by atoms with Crippen LogP contribution in [0.4, 0.5) is 5.69 Å². The number of pyridine rings is 1. The monoisotopic (exact) mass is 291 g/mol. The standard InChI is InChI=1S/C15H21N3OS/c1-4-8-18(9-5-2)15(19)13-12(16)11-7-6-10(3)17-14(11)20-13/h6-7H,4-5,8-9,16H2,1-3H3. The number of anilines is 1. The molecule has 108 valence electrons. The number of rotatable bonds is 5. The summed E-state index contributed by atoms with van der Waals surface area (Å²) in [7, 11) is 0. The minimum Gasteiger partial charge on any atom is -0.397 e. The Morgan fingerprint density at radius 2 is 1.95 bits per heavy atom. The summed E-state index contributed by atoms with van der Waals surface area (Å²) in [6, 6.07) is 3.87. The molecule has 2 aromatic rings. The van der Waals surface area contributed by atoms with Crippen molar-refractivity contribution in [2.45, 2.75) is 33.6 Å². The zero-order valence-electron chi connectivity index (χ0n) is 12.3. The molecule has 0 spiro atoms. The molecule has 0 fully saturated rings. The maximum Gasteiger partial charge on any atom is 0.266 e. The Labute approximate surface area is 123 Å². The number of carbonyl (C=O) groups excluding carboxylic acids is 1. The lowest BCUT2D eigenvalue weighted by Gasteiger charge is -2.20. The Morgan fingerprint density at radius 3 is 2.55 bits per heavy atom. The number of amides is 1. The summed E-state index contributed by atoms with van der Waals surface area (Å²) < 4.78 is 0. The summed E-state index contributed by atoms with van der Waals surface area (Å²) >= 11 is 1.40. The molecular formula is C15H21N3OS. The van der Waals surface area contributed by atoms with Crippen LogP contribution in [0.15, 0.2) is 12.1 Å². The zero-order valence-corrected chi connectivity index (χ0v) is 13.1. The smallest absolute Gasteiger partial charge is 0.266 e. The van der Waals surface area contributed by atoms with Crippen molar-refractivity contribution in [3.05, 3.63) is 22.7 Å². The van der Waals surface area contributed by atoms with Gasteiger partial charge in [0, 0.05) is 24.2 Å². The van der Waals surface area contributed by atoms with Gasteiger partial charge in [-0.2, -0.15) is 0 Å². The number of fused-ring (bicyclic) bond motifs is 1. The molecular weight excluding hydrogens is 270 g/mol. The Morgan fingerprint density at radius 1 is 1.30 bits per heavy atom. The molecule has 2 N–H and O–H groups in total. The summed E-state index contributed by atoms with van der Waals surface area (Å²) in [6.45, 7) is 7.64. The number of nitrogens with zero attached hydrogens (tertiary/aromatic N) is 2. The van der Waals surface area contributed by atoms with Gasteiger partial charge in [0.2, 0.25) is 0 Å². The fourth-order valence-corrected chi connectivity index (χ4v) is 3.35. The van der Waals surface area contributed by atoms with E-state index in [4.69, 9.17) is 5.73 Å². The first-order valence-electron chi connectivity index (χ1n) is 7.03. The summed E-state index contributed by atoms with van der Waals surface area (Å²) in [6.07, 6.45) is 1.90. The number of hydrogen-bond acceptors (Lipinski definition) is 4. The Hall–Kier alpha value is -1.62. The van der Waals surface area contributed by atoms with Gasteiger partial charge in [0.1, 0.15) is 9.71 Å². The molecule has 0 aliphatic carbocycles. The van der Waals surface area contributed by atoms with E-state index < -0.39 is 0 Å². The SMILES string of the molecule is CCCN(CCC)C(=O)c1sc2nc(C)ccc2c1N. The highest BCUT2D eigenvalue weighted by atomic mass is 32.1. The van der Waals surface area contributed by atoms with Crippen molar-refractivity contribution in [1.29, 1.82) is 0 Å². The molecule has 2 rings (SSSR count). The normalized spacial score (nSPS) is 10.9. The first-order valence-corrected chi connectivity index (χ1v) is 7.85. The molecule has 0 aliphatic rings. The molecule has 0 bridgehead atoms. The van der Waals surface area contributed by atoms with E-state index in [-0.39, 0.29) is 5.91 Å². The number of nitrogens with two attached hydrogens (primary N) is 1. The highest BCUT2D eigenvalue weighted by Crippen LogP contribution is 2.33. The van der Waals surface area contributed by atoms with Gasteiger partial charge < -0.3 is 10.6 Å². The van der Waals surface area contributed by atoms with Crippen LogP contribution in [0.2, 0.25) is 0 Å². The maximum absolute atomic E-state index is 12.6. The number of aromatic nitrogens is 1. The van der Waals surface area contributed by atoms with Gasteiger partial charge in [0.05, 0.1) is 5.69 Å². The van der Waals surface area contributed by atoms with Crippen molar-refractivity contribution in [3.63, 3.8) is 0 Å². The molecule has 0 aromatic carbocycles. The molecule has 2 aromatic heterocycles. The molecule has 0 aliphatic heterocycles. The third-order valence-electron chi connectivity index (χ3n) is 3.20.